The summed E-state index contributed by atoms with van der Waals surface area (Å²) in [7, 11) is 3.32. The van der Waals surface area contributed by atoms with Gasteiger partial charge in [0.1, 0.15) is 0 Å². The van der Waals surface area contributed by atoms with Crippen molar-refractivity contribution < 1.29 is 9.13 Å². The molecule has 1 atom stereocenters. The minimum absolute atomic E-state index is 0.128. The molecule has 0 spiro atoms. The maximum atomic E-state index is 13.6. The van der Waals surface area contributed by atoms with Crippen LogP contribution in [0.15, 0.2) is 18.2 Å². The summed E-state index contributed by atoms with van der Waals surface area (Å²) in [5.74, 6) is 2.55. The molecule has 1 aromatic carbocycles. The Morgan fingerprint density at radius 2 is 2.29 bits per heavy atom. The highest BCUT2D eigenvalue weighted by Crippen LogP contribution is 2.24. The second-order valence-electron chi connectivity index (χ2n) is 3.83. The smallest absolute Gasteiger partial charge is 0.165 e. The average molecular weight is 235 g/mol. The second kappa shape index (κ2) is 6.93. The van der Waals surface area contributed by atoms with Crippen LogP contribution >= 0.6 is 0 Å². The summed E-state index contributed by atoms with van der Waals surface area (Å²) in [6, 6.07) is 5.16. The number of benzene rings is 1. The van der Waals surface area contributed by atoms with Gasteiger partial charge in [0, 0.05) is 12.5 Å². The van der Waals surface area contributed by atoms with Gasteiger partial charge >= 0.3 is 0 Å². The summed E-state index contributed by atoms with van der Waals surface area (Å²) in [6.07, 6.45) is 7.78. The van der Waals surface area contributed by atoms with Crippen molar-refractivity contribution in [1.82, 2.24) is 5.32 Å². The van der Waals surface area contributed by atoms with E-state index in [1.54, 1.807) is 6.07 Å². The normalized spacial score (nSPS) is 11.9. The summed E-state index contributed by atoms with van der Waals surface area (Å²) in [5.41, 5.74) is 0.919. The third-order valence-electron chi connectivity index (χ3n) is 2.74. The molecule has 0 aromatic heterocycles. The number of hydrogen-bond donors (Lipinski definition) is 1. The van der Waals surface area contributed by atoms with Crippen LogP contribution in [0.25, 0.3) is 0 Å². The van der Waals surface area contributed by atoms with Crippen LogP contribution < -0.4 is 10.1 Å². The van der Waals surface area contributed by atoms with Gasteiger partial charge in [-0.15, -0.1) is 12.3 Å². The summed E-state index contributed by atoms with van der Waals surface area (Å²) in [6.45, 7) is 0. The summed E-state index contributed by atoms with van der Waals surface area (Å²) >= 11 is 0. The first kappa shape index (κ1) is 13.5. The van der Waals surface area contributed by atoms with Gasteiger partial charge in [-0.3, -0.25) is 0 Å². The molecule has 0 fully saturated rings. The molecule has 0 aliphatic heterocycles. The van der Waals surface area contributed by atoms with E-state index in [0.29, 0.717) is 0 Å². The van der Waals surface area contributed by atoms with Gasteiger partial charge in [0.05, 0.1) is 7.11 Å². The molecule has 17 heavy (non-hydrogen) atoms. The zero-order chi connectivity index (χ0) is 12.7. The van der Waals surface area contributed by atoms with Crippen molar-refractivity contribution in [2.75, 3.05) is 14.2 Å². The Morgan fingerprint density at radius 1 is 1.53 bits per heavy atom. The molecule has 0 radical (unpaired) electrons. The molecule has 0 heterocycles. The highest BCUT2D eigenvalue weighted by molar-refractivity contribution is 5.31. The molecule has 1 aromatic rings. The molecule has 0 amide bonds. The van der Waals surface area contributed by atoms with Gasteiger partial charge in [-0.05, 0) is 37.6 Å². The van der Waals surface area contributed by atoms with Crippen molar-refractivity contribution in [3.63, 3.8) is 0 Å². The van der Waals surface area contributed by atoms with Gasteiger partial charge in [0.2, 0.25) is 0 Å². The highest BCUT2D eigenvalue weighted by atomic mass is 19.1. The van der Waals surface area contributed by atoms with Crippen molar-refractivity contribution in [3.8, 4) is 18.1 Å². The molecule has 92 valence electrons. The fraction of sp³-hybridized carbons (Fsp3) is 0.429. The van der Waals surface area contributed by atoms with E-state index >= 15 is 0 Å². The second-order valence-corrected chi connectivity index (χ2v) is 3.83. The van der Waals surface area contributed by atoms with Crippen LogP contribution in [-0.4, -0.2) is 14.2 Å². The Labute approximate surface area is 102 Å². The van der Waals surface area contributed by atoms with E-state index in [1.807, 2.05) is 13.1 Å². The molecule has 0 saturated carbocycles. The third kappa shape index (κ3) is 3.76. The summed E-state index contributed by atoms with van der Waals surface area (Å²) in [5, 5.41) is 3.17. The molecule has 0 bridgehead atoms. The molecule has 1 unspecified atom stereocenters. The van der Waals surface area contributed by atoms with Gasteiger partial charge < -0.3 is 10.1 Å². The van der Waals surface area contributed by atoms with Gasteiger partial charge in [0.25, 0.3) is 0 Å². The number of methoxy groups -OCH3 is 1. The Hall–Kier alpha value is -1.53. The standard InChI is InChI=1S/C14H18FNO/c1-4-5-6-7-13(16-2)11-8-9-14(17-3)12(15)10-11/h1,8-10,13,16H,5-7H2,2-3H3. The molecule has 1 N–H and O–H groups in total. The Balaban J connectivity index is 2.75. The van der Waals surface area contributed by atoms with E-state index < -0.39 is 0 Å². The minimum Gasteiger partial charge on any atom is -0.494 e. The maximum absolute atomic E-state index is 13.6. The predicted octanol–water partition coefficient (Wildman–Crippen LogP) is 2.90. The first-order valence-electron chi connectivity index (χ1n) is 5.67. The molecular formula is C14H18FNO. The van der Waals surface area contributed by atoms with Gasteiger partial charge in [0.15, 0.2) is 11.6 Å². The molecule has 1 rings (SSSR count). The number of rotatable bonds is 6. The lowest BCUT2D eigenvalue weighted by Crippen LogP contribution is -2.16. The molecular weight excluding hydrogens is 217 g/mol. The van der Waals surface area contributed by atoms with Crippen LogP contribution in [0.4, 0.5) is 4.39 Å². The first-order valence-corrected chi connectivity index (χ1v) is 5.67. The van der Waals surface area contributed by atoms with E-state index in [-0.39, 0.29) is 17.6 Å². The molecule has 0 aliphatic carbocycles. The SMILES string of the molecule is C#CCCCC(NC)c1ccc(OC)c(F)c1. The Morgan fingerprint density at radius 3 is 2.82 bits per heavy atom. The Bertz CT molecular complexity index is 398. The largest absolute Gasteiger partial charge is 0.494 e. The Kier molecular flexibility index (Phi) is 5.51. The monoisotopic (exact) mass is 235 g/mol. The van der Waals surface area contributed by atoms with Gasteiger partial charge in [-0.2, -0.15) is 0 Å². The third-order valence-corrected chi connectivity index (χ3v) is 2.74. The van der Waals surface area contributed by atoms with Crippen molar-refractivity contribution in [2.45, 2.75) is 25.3 Å². The first-order chi connectivity index (χ1) is 8.22. The lowest BCUT2D eigenvalue weighted by Gasteiger charge is -2.16. The van der Waals surface area contributed by atoms with Crippen molar-refractivity contribution >= 4 is 0 Å². The van der Waals surface area contributed by atoms with Gasteiger partial charge in [-0.1, -0.05) is 6.07 Å². The van der Waals surface area contributed by atoms with Crippen LogP contribution in [0.1, 0.15) is 30.9 Å². The molecule has 3 heteroatoms. The topological polar surface area (TPSA) is 21.3 Å². The van der Waals surface area contributed by atoms with Crippen LogP contribution in [-0.2, 0) is 0 Å². The van der Waals surface area contributed by atoms with Crippen molar-refractivity contribution in [3.05, 3.63) is 29.6 Å². The van der Waals surface area contributed by atoms with E-state index in [9.17, 15) is 4.39 Å². The van der Waals surface area contributed by atoms with E-state index in [4.69, 9.17) is 11.2 Å². The molecule has 0 aliphatic rings. The van der Waals surface area contributed by atoms with Crippen LogP contribution in [0, 0.1) is 18.2 Å². The van der Waals surface area contributed by atoms with Crippen molar-refractivity contribution in [1.29, 1.82) is 0 Å². The highest BCUT2D eigenvalue weighted by Gasteiger charge is 2.11. The number of hydrogen-bond acceptors (Lipinski definition) is 2. The van der Waals surface area contributed by atoms with Crippen LogP contribution in [0.5, 0.6) is 5.75 Å². The molecule has 0 saturated heterocycles. The quantitative estimate of drug-likeness (QED) is 0.604. The van der Waals surface area contributed by atoms with Crippen LogP contribution in [0.3, 0.4) is 0 Å². The zero-order valence-electron chi connectivity index (χ0n) is 10.3. The number of nitrogens with one attached hydrogen (secondary N) is 1. The average Bonchev–Trinajstić information content (AvgIpc) is 2.35. The number of unbranched alkanes of at least 4 members (excludes halogenated alkanes) is 1. The zero-order valence-corrected chi connectivity index (χ0v) is 10.3. The van der Waals surface area contributed by atoms with E-state index in [1.165, 1.54) is 13.2 Å². The lowest BCUT2D eigenvalue weighted by atomic mass is 10.0. The molecule has 2 nitrogen and oxygen atoms in total. The lowest BCUT2D eigenvalue weighted by molar-refractivity contribution is 0.385. The summed E-state index contributed by atoms with van der Waals surface area (Å²) in [4.78, 5) is 0. The fourth-order valence-electron chi connectivity index (χ4n) is 1.79. The maximum Gasteiger partial charge on any atom is 0.165 e. The van der Waals surface area contributed by atoms with Crippen molar-refractivity contribution in [2.24, 2.45) is 0 Å². The predicted molar refractivity (Wildman–Crippen MR) is 67.4 cm³/mol. The fourth-order valence-corrected chi connectivity index (χ4v) is 1.79. The minimum atomic E-state index is -0.331. The van der Waals surface area contributed by atoms with Crippen LogP contribution in [0.2, 0.25) is 0 Å². The number of halogens is 1. The number of terminal acetylenes is 1. The van der Waals surface area contributed by atoms with E-state index in [2.05, 4.69) is 11.2 Å². The number of ether oxygens (including phenoxy) is 1. The van der Waals surface area contributed by atoms with E-state index in [0.717, 1.165) is 24.8 Å². The summed E-state index contributed by atoms with van der Waals surface area (Å²) < 4.78 is 18.4. The van der Waals surface area contributed by atoms with Gasteiger partial charge in [-0.25, -0.2) is 4.39 Å².